The average molecular weight is 452 g/mol. The van der Waals surface area contributed by atoms with Gasteiger partial charge in [0, 0.05) is 24.5 Å². The highest BCUT2D eigenvalue weighted by Crippen LogP contribution is 2.39. The van der Waals surface area contributed by atoms with E-state index in [4.69, 9.17) is 4.74 Å². The third kappa shape index (κ3) is 5.60. The number of nitrogens with zero attached hydrogens (tertiary/aromatic N) is 3. The fourth-order valence-corrected chi connectivity index (χ4v) is 3.99. The van der Waals surface area contributed by atoms with Crippen LogP contribution in [0.5, 0.6) is 5.75 Å². The number of aromatic nitrogens is 1. The van der Waals surface area contributed by atoms with E-state index in [-0.39, 0.29) is 11.3 Å². The van der Waals surface area contributed by atoms with E-state index in [2.05, 4.69) is 11.9 Å². The van der Waals surface area contributed by atoms with Crippen molar-refractivity contribution >= 4 is 17.4 Å². The second kappa shape index (κ2) is 11.1. The number of aliphatic hydroxyl groups is 1. The molecule has 1 fully saturated rings. The summed E-state index contributed by atoms with van der Waals surface area (Å²) in [7, 11) is 3.93. The van der Waals surface area contributed by atoms with Crippen molar-refractivity contribution in [3.8, 4) is 5.75 Å². The van der Waals surface area contributed by atoms with Crippen LogP contribution in [-0.4, -0.2) is 65.4 Å². The maximum atomic E-state index is 13.1. The van der Waals surface area contributed by atoms with Crippen molar-refractivity contribution < 1.29 is 19.4 Å². The number of Topliss-reactive ketones (excluding diaryl/α,β-unsaturated/α-hetero) is 1. The third-order valence-electron chi connectivity index (χ3n) is 5.75. The van der Waals surface area contributed by atoms with Crippen molar-refractivity contribution in [3.05, 3.63) is 65.0 Å². The summed E-state index contributed by atoms with van der Waals surface area (Å²) < 4.78 is 5.81. The number of aryl methyl sites for hydroxylation is 1. The molecule has 3 rings (SSSR count). The number of rotatable bonds is 10. The molecule has 1 aliphatic heterocycles. The Hall–Kier alpha value is -3.19. The molecule has 1 aromatic carbocycles. The molecule has 1 saturated heterocycles. The number of hydrogen-bond donors (Lipinski definition) is 1. The highest BCUT2D eigenvalue weighted by Gasteiger charge is 2.45. The van der Waals surface area contributed by atoms with Crippen LogP contribution in [0.2, 0.25) is 0 Å². The first-order valence-corrected chi connectivity index (χ1v) is 11.4. The Morgan fingerprint density at radius 3 is 2.64 bits per heavy atom. The molecule has 176 valence electrons. The van der Waals surface area contributed by atoms with Crippen LogP contribution in [-0.2, 0) is 9.59 Å². The van der Waals surface area contributed by atoms with Crippen molar-refractivity contribution in [2.24, 2.45) is 0 Å². The van der Waals surface area contributed by atoms with Crippen molar-refractivity contribution in [1.29, 1.82) is 0 Å². The van der Waals surface area contributed by atoms with Crippen LogP contribution < -0.4 is 4.74 Å². The van der Waals surface area contributed by atoms with Crippen LogP contribution in [0, 0.1) is 6.92 Å². The predicted octanol–water partition coefficient (Wildman–Crippen LogP) is 3.94. The molecule has 0 spiro atoms. The number of pyridine rings is 1. The molecule has 0 bridgehead atoms. The van der Waals surface area contributed by atoms with Crippen molar-refractivity contribution in [3.63, 3.8) is 0 Å². The fourth-order valence-electron chi connectivity index (χ4n) is 3.99. The van der Waals surface area contributed by atoms with E-state index in [0.717, 1.165) is 30.7 Å². The first-order valence-electron chi connectivity index (χ1n) is 11.4. The molecule has 2 aromatic rings. The molecule has 0 aliphatic carbocycles. The zero-order chi connectivity index (χ0) is 24.0. The van der Waals surface area contributed by atoms with Crippen LogP contribution in [0.3, 0.4) is 0 Å². The van der Waals surface area contributed by atoms with Crippen LogP contribution >= 0.6 is 0 Å². The van der Waals surface area contributed by atoms with Gasteiger partial charge in [0.25, 0.3) is 11.7 Å². The largest absolute Gasteiger partial charge is 0.507 e. The summed E-state index contributed by atoms with van der Waals surface area (Å²) in [6.07, 6.45) is 5.99. The Morgan fingerprint density at radius 1 is 1.21 bits per heavy atom. The monoisotopic (exact) mass is 451 g/mol. The number of carbonyl (C=O) groups excluding carboxylic acids is 2. The normalized spacial score (nSPS) is 17.7. The van der Waals surface area contributed by atoms with Gasteiger partial charge in [-0.15, -0.1) is 0 Å². The Bertz CT molecular complexity index is 1020. The van der Waals surface area contributed by atoms with Crippen molar-refractivity contribution in [2.75, 3.05) is 33.8 Å². The Balaban J connectivity index is 1.99. The van der Waals surface area contributed by atoms with Gasteiger partial charge in [0.2, 0.25) is 0 Å². The van der Waals surface area contributed by atoms with Gasteiger partial charge in [-0.3, -0.25) is 14.6 Å². The average Bonchev–Trinajstić information content (AvgIpc) is 3.05. The second-order valence-corrected chi connectivity index (χ2v) is 8.62. The van der Waals surface area contributed by atoms with E-state index < -0.39 is 17.7 Å². The lowest BCUT2D eigenvalue weighted by molar-refractivity contribution is -0.139. The number of unbranched alkanes of at least 4 members (excludes halogenated alkanes) is 1. The fraction of sp³-hybridized carbons (Fsp3) is 0.423. The van der Waals surface area contributed by atoms with Crippen LogP contribution in [0.25, 0.3) is 5.76 Å². The smallest absolute Gasteiger partial charge is 0.295 e. The van der Waals surface area contributed by atoms with Gasteiger partial charge < -0.3 is 19.6 Å². The molecule has 1 unspecified atom stereocenters. The molecule has 7 heteroatoms. The number of ether oxygens (including phenoxy) is 1. The molecule has 7 nitrogen and oxygen atoms in total. The molecule has 33 heavy (non-hydrogen) atoms. The minimum absolute atomic E-state index is 0.0944. The van der Waals surface area contributed by atoms with Gasteiger partial charge in [0.05, 0.1) is 18.2 Å². The van der Waals surface area contributed by atoms with Crippen LogP contribution in [0.1, 0.15) is 48.9 Å². The zero-order valence-corrected chi connectivity index (χ0v) is 19.9. The number of likely N-dealkylation sites (tertiary alicyclic amines) is 1. The first-order chi connectivity index (χ1) is 15.8. The Labute approximate surface area is 195 Å². The van der Waals surface area contributed by atoms with Gasteiger partial charge in [-0.25, -0.2) is 0 Å². The van der Waals surface area contributed by atoms with Crippen LogP contribution in [0.4, 0.5) is 0 Å². The molecular weight excluding hydrogens is 418 g/mol. The first kappa shape index (κ1) is 24.5. The lowest BCUT2D eigenvalue weighted by Crippen LogP contribution is -2.32. The van der Waals surface area contributed by atoms with Gasteiger partial charge >= 0.3 is 0 Å². The van der Waals surface area contributed by atoms with E-state index in [0.29, 0.717) is 30.7 Å². The van der Waals surface area contributed by atoms with Gasteiger partial charge in [0.1, 0.15) is 11.5 Å². The molecule has 1 amide bonds. The second-order valence-electron chi connectivity index (χ2n) is 8.62. The van der Waals surface area contributed by atoms with E-state index in [1.807, 2.05) is 32.0 Å². The van der Waals surface area contributed by atoms with Crippen LogP contribution in [0.15, 0.2) is 48.3 Å². The predicted molar refractivity (Wildman–Crippen MR) is 128 cm³/mol. The van der Waals surface area contributed by atoms with Gasteiger partial charge in [-0.1, -0.05) is 19.4 Å². The lowest BCUT2D eigenvalue weighted by Gasteiger charge is -2.25. The minimum Gasteiger partial charge on any atom is -0.507 e. The van der Waals surface area contributed by atoms with E-state index in [1.54, 1.807) is 41.6 Å². The molecule has 1 N–H and O–H groups in total. The minimum atomic E-state index is -0.679. The zero-order valence-electron chi connectivity index (χ0n) is 19.9. The quantitative estimate of drug-likeness (QED) is 0.255. The maximum absolute atomic E-state index is 13.1. The SMILES string of the molecule is CCCCOc1ccc(/C(O)=C2\C(=O)C(=O)N(CCCN(C)C)C2c2cccnc2)cc1C. The topological polar surface area (TPSA) is 83.0 Å². The summed E-state index contributed by atoms with van der Waals surface area (Å²) >= 11 is 0. The number of ketones is 1. The number of amides is 1. The molecule has 1 aliphatic rings. The van der Waals surface area contributed by atoms with E-state index >= 15 is 0 Å². The highest BCUT2D eigenvalue weighted by atomic mass is 16.5. The maximum Gasteiger partial charge on any atom is 0.295 e. The standard InChI is InChI=1S/C26H33N3O4/c1-5-6-15-33-21-11-10-19(16-18(21)2)24(30)22-23(20-9-7-12-27-17-20)29(26(32)25(22)31)14-8-13-28(3)4/h7,9-12,16-17,23,30H,5-6,8,13-15H2,1-4H3/b24-22+. The third-order valence-corrected chi connectivity index (χ3v) is 5.75. The van der Waals surface area contributed by atoms with Crippen molar-refractivity contribution in [2.45, 2.75) is 39.2 Å². The Kier molecular flexibility index (Phi) is 8.22. The lowest BCUT2D eigenvalue weighted by atomic mass is 9.95. The summed E-state index contributed by atoms with van der Waals surface area (Å²) in [5, 5.41) is 11.2. The summed E-state index contributed by atoms with van der Waals surface area (Å²) in [5.74, 6) is -0.707. The molecular formula is C26H33N3O4. The molecule has 0 radical (unpaired) electrons. The van der Waals surface area contributed by atoms with Gasteiger partial charge in [-0.05, 0) is 75.8 Å². The van der Waals surface area contributed by atoms with Gasteiger partial charge in [0.15, 0.2) is 0 Å². The molecule has 1 atom stereocenters. The molecule has 1 aromatic heterocycles. The van der Waals surface area contributed by atoms with Crippen molar-refractivity contribution in [1.82, 2.24) is 14.8 Å². The number of aliphatic hydroxyl groups excluding tert-OH is 1. The number of carbonyl (C=O) groups is 2. The number of benzene rings is 1. The van der Waals surface area contributed by atoms with E-state index in [1.165, 1.54) is 0 Å². The van der Waals surface area contributed by atoms with E-state index in [9.17, 15) is 14.7 Å². The summed E-state index contributed by atoms with van der Waals surface area (Å²) in [5.41, 5.74) is 2.13. The summed E-state index contributed by atoms with van der Waals surface area (Å²) in [4.78, 5) is 33.8. The Morgan fingerprint density at radius 2 is 2.00 bits per heavy atom. The summed E-state index contributed by atoms with van der Waals surface area (Å²) in [6, 6.07) is 8.22. The summed E-state index contributed by atoms with van der Waals surface area (Å²) in [6.45, 7) is 5.81. The highest BCUT2D eigenvalue weighted by molar-refractivity contribution is 6.46. The number of hydrogen-bond acceptors (Lipinski definition) is 6. The molecule has 0 saturated carbocycles. The van der Waals surface area contributed by atoms with Gasteiger partial charge in [-0.2, -0.15) is 0 Å². The molecule has 2 heterocycles.